The number of hydrogen-bond donors (Lipinski definition) is 0. The van der Waals surface area contributed by atoms with Gasteiger partial charge in [0.25, 0.3) is 0 Å². The molecule has 0 aromatic carbocycles. The third-order valence-corrected chi connectivity index (χ3v) is 0.368. The summed E-state index contributed by atoms with van der Waals surface area (Å²) in [6.07, 6.45) is 1.11. The number of hydrogen-bond acceptors (Lipinski definition) is 2. The molecule has 0 fully saturated rings. The predicted octanol–water partition coefficient (Wildman–Crippen LogP) is -5.42. The summed E-state index contributed by atoms with van der Waals surface area (Å²) in [7, 11) is 1.31. The molecule has 0 aliphatic heterocycles. The van der Waals surface area contributed by atoms with E-state index in [0.717, 1.165) is 6.08 Å². The zero-order chi connectivity index (χ0) is 4.99. The van der Waals surface area contributed by atoms with Gasteiger partial charge in [-0.1, -0.05) is 6.58 Å². The molecule has 0 radical (unpaired) electrons. The Morgan fingerprint density at radius 2 is 2.12 bits per heavy atom. The van der Waals surface area contributed by atoms with Crippen molar-refractivity contribution >= 4 is 5.97 Å². The SMILES string of the molecule is C=CC(=O)OC.[H-].[H-].[K+].[K+]. The molecule has 0 spiro atoms. The minimum absolute atomic E-state index is 0. The average molecular weight is 166 g/mol. The smallest absolute Gasteiger partial charge is 1.00 e. The van der Waals surface area contributed by atoms with Crippen LogP contribution in [0, 0.1) is 0 Å². The van der Waals surface area contributed by atoms with Crippen LogP contribution in [0.5, 0.6) is 0 Å². The quantitative estimate of drug-likeness (QED) is 0.221. The van der Waals surface area contributed by atoms with Crippen LogP contribution in [0.2, 0.25) is 0 Å². The summed E-state index contributed by atoms with van der Waals surface area (Å²) < 4.78 is 4.14. The van der Waals surface area contributed by atoms with E-state index in [0.29, 0.717) is 0 Å². The molecule has 0 atom stereocenters. The van der Waals surface area contributed by atoms with Gasteiger partial charge < -0.3 is 7.59 Å². The number of esters is 1. The molecule has 0 aliphatic rings. The fraction of sp³-hybridized carbons (Fsp3) is 0.250. The maximum absolute atomic E-state index is 9.84. The Morgan fingerprint density at radius 3 is 2.12 bits per heavy atom. The summed E-state index contributed by atoms with van der Waals surface area (Å²) in [6.45, 7) is 3.16. The fourth-order valence-corrected chi connectivity index (χ4v) is 0.0833. The zero-order valence-electron chi connectivity index (χ0n) is 7.60. The maximum Gasteiger partial charge on any atom is 1.00 e. The van der Waals surface area contributed by atoms with Crippen LogP contribution in [0.3, 0.4) is 0 Å². The molecule has 0 bridgehead atoms. The summed E-state index contributed by atoms with van der Waals surface area (Å²) in [4.78, 5) is 9.84. The first-order chi connectivity index (χ1) is 2.81. The van der Waals surface area contributed by atoms with E-state index in [1.165, 1.54) is 7.11 Å². The fourth-order valence-electron chi connectivity index (χ4n) is 0.0833. The standard InChI is InChI=1S/C4H6O2.2K.2H/c1-3-4(5)6-2;;;;/h3H,1H2,2H3;;;;/q;2*+1;2*-1. The predicted molar refractivity (Wildman–Crippen MR) is 24.4 cm³/mol. The Bertz CT molecular complexity index is 79.7. The van der Waals surface area contributed by atoms with E-state index in [4.69, 9.17) is 0 Å². The van der Waals surface area contributed by atoms with Crippen LogP contribution in [-0.2, 0) is 9.53 Å². The van der Waals surface area contributed by atoms with Gasteiger partial charge in [-0.2, -0.15) is 0 Å². The summed E-state index contributed by atoms with van der Waals surface area (Å²) in [5, 5.41) is 0. The van der Waals surface area contributed by atoms with Crippen LogP contribution in [0.15, 0.2) is 12.7 Å². The topological polar surface area (TPSA) is 26.3 Å². The number of carbonyl (C=O) groups excluding carboxylic acids is 1. The van der Waals surface area contributed by atoms with E-state index in [-0.39, 0.29) is 106 Å². The minimum atomic E-state index is -0.394. The summed E-state index contributed by atoms with van der Waals surface area (Å²) in [5.41, 5.74) is 0. The number of carbonyl (C=O) groups is 1. The van der Waals surface area contributed by atoms with Crippen molar-refractivity contribution in [3.05, 3.63) is 12.7 Å². The van der Waals surface area contributed by atoms with E-state index in [9.17, 15) is 4.79 Å². The van der Waals surface area contributed by atoms with Crippen LogP contribution in [0.4, 0.5) is 0 Å². The molecule has 0 amide bonds. The average Bonchev–Trinajstić information content (AvgIpc) is 1.65. The van der Waals surface area contributed by atoms with Gasteiger partial charge in [-0.05, 0) is 0 Å². The molecule has 0 aliphatic carbocycles. The Labute approximate surface area is 137 Å². The monoisotopic (exact) mass is 166 g/mol. The Balaban J connectivity index is -0.0000000208. The van der Waals surface area contributed by atoms with Gasteiger partial charge in [-0.25, -0.2) is 4.79 Å². The second kappa shape index (κ2) is 12.2. The molecule has 0 saturated heterocycles. The van der Waals surface area contributed by atoms with Crippen molar-refractivity contribution in [2.75, 3.05) is 7.11 Å². The molecule has 4 heteroatoms. The van der Waals surface area contributed by atoms with Gasteiger partial charge in [0.1, 0.15) is 0 Å². The van der Waals surface area contributed by atoms with Crippen LogP contribution in [0.1, 0.15) is 2.85 Å². The first kappa shape index (κ1) is 16.8. The van der Waals surface area contributed by atoms with Gasteiger partial charge >= 0.3 is 109 Å². The van der Waals surface area contributed by atoms with Crippen molar-refractivity contribution in [1.82, 2.24) is 0 Å². The van der Waals surface area contributed by atoms with Gasteiger partial charge in [0.2, 0.25) is 0 Å². The maximum atomic E-state index is 9.84. The first-order valence-corrected chi connectivity index (χ1v) is 1.51. The molecule has 0 rings (SSSR count). The summed E-state index contributed by atoms with van der Waals surface area (Å²) in [5.74, 6) is -0.394. The third-order valence-electron chi connectivity index (χ3n) is 0.368. The number of rotatable bonds is 1. The molecule has 0 heterocycles. The van der Waals surface area contributed by atoms with E-state index in [2.05, 4.69) is 11.3 Å². The van der Waals surface area contributed by atoms with Crippen molar-refractivity contribution in [3.8, 4) is 0 Å². The molecule has 0 aromatic rings. The largest absolute Gasteiger partial charge is 1.00 e. The van der Waals surface area contributed by atoms with Gasteiger partial charge in [-0.3, -0.25) is 0 Å². The minimum Gasteiger partial charge on any atom is -1.00 e. The normalized spacial score (nSPS) is 5.12. The molecule has 2 nitrogen and oxygen atoms in total. The van der Waals surface area contributed by atoms with Crippen molar-refractivity contribution in [1.29, 1.82) is 0 Å². The van der Waals surface area contributed by atoms with Gasteiger partial charge in [-0.15, -0.1) is 0 Å². The molecular weight excluding hydrogens is 158 g/mol. The molecule has 0 unspecified atom stereocenters. The van der Waals surface area contributed by atoms with E-state index >= 15 is 0 Å². The number of ether oxygens (including phenoxy) is 1. The second-order valence-corrected chi connectivity index (χ2v) is 0.727. The third kappa shape index (κ3) is 11.3. The van der Waals surface area contributed by atoms with Crippen molar-refractivity contribution in [2.24, 2.45) is 0 Å². The van der Waals surface area contributed by atoms with Crippen LogP contribution in [0.25, 0.3) is 0 Å². The summed E-state index contributed by atoms with van der Waals surface area (Å²) >= 11 is 0. The Kier molecular flexibility index (Phi) is 25.6. The van der Waals surface area contributed by atoms with E-state index < -0.39 is 5.97 Å². The second-order valence-electron chi connectivity index (χ2n) is 0.727. The molecule has 38 valence electrons. The van der Waals surface area contributed by atoms with Gasteiger partial charge in [0.05, 0.1) is 7.11 Å². The van der Waals surface area contributed by atoms with Gasteiger partial charge in [0, 0.05) is 6.08 Å². The zero-order valence-corrected chi connectivity index (χ0v) is 11.8. The van der Waals surface area contributed by atoms with Crippen LogP contribution < -0.4 is 103 Å². The molecule has 0 N–H and O–H groups in total. The van der Waals surface area contributed by atoms with Crippen molar-refractivity contribution in [2.45, 2.75) is 0 Å². The van der Waals surface area contributed by atoms with Crippen LogP contribution in [-0.4, -0.2) is 13.1 Å². The molecular formula is C4H8K2O2. The number of methoxy groups -OCH3 is 1. The molecule has 8 heavy (non-hydrogen) atoms. The van der Waals surface area contributed by atoms with E-state index in [1.807, 2.05) is 0 Å². The summed E-state index contributed by atoms with van der Waals surface area (Å²) in [6, 6.07) is 0. The van der Waals surface area contributed by atoms with Gasteiger partial charge in [0.15, 0.2) is 0 Å². The van der Waals surface area contributed by atoms with Crippen molar-refractivity contribution in [3.63, 3.8) is 0 Å². The van der Waals surface area contributed by atoms with Crippen LogP contribution >= 0.6 is 0 Å². The Hall–Kier alpha value is 2.48. The first-order valence-electron chi connectivity index (χ1n) is 1.51. The Morgan fingerprint density at radius 1 is 1.75 bits per heavy atom. The van der Waals surface area contributed by atoms with E-state index in [1.54, 1.807) is 0 Å². The van der Waals surface area contributed by atoms with Crippen molar-refractivity contribution < 1.29 is 115 Å². The molecule has 0 saturated carbocycles. The molecule has 0 aromatic heterocycles.